The lowest BCUT2D eigenvalue weighted by Gasteiger charge is -2.09. The van der Waals surface area contributed by atoms with Crippen molar-refractivity contribution >= 4 is 11.5 Å². The summed E-state index contributed by atoms with van der Waals surface area (Å²) in [6, 6.07) is 7.33. The summed E-state index contributed by atoms with van der Waals surface area (Å²) in [5.41, 5.74) is 8.32. The van der Waals surface area contributed by atoms with Crippen molar-refractivity contribution in [3.05, 3.63) is 41.9 Å². The minimum atomic E-state index is 0.516. The Morgan fingerprint density at radius 1 is 1.21 bits per heavy atom. The van der Waals surface area contributed by atoms with Crippen molar-refractivity contribution < 1.29 is 4.74 Å². The Morgan fingerprint density at radius 2 is 2.05 bits per heavy atom. The molecule has 0 bridgehead atoms. The Labute approximate surface area is 109 Å². The molecule has 0 unspecified atom stereocenters. The van der Waals surface area contributed by atoms with Crippen molar-refractivity contribution in [2.24, 2.45) is 0 Å². The highest BCUT2D eigenvalue weighted by Gasteiger charge is 2.08. The highest BCUT2D eigenvalue weighted by atomic mass is 16.5. The summed E-state index contributed by atoms with van der Waals surface area (Å²) in [6.07, 6.45) is 1.45. The molecule has 2 aromatic heterocycles. The maximum Gasteiger partial charge on any atom is 0.255 e. The average molecular weight is 255 g/mol. The van der Waals surface area contributed by atoms with Gasteiger partial charge in [-0.15, -0.1) is 0 Å². The Kier molecular flexibility index (Phi) is 2.56. The molecule has 96 valence electrons. The van der Waals surface area contributed by atoms with Crippen LogP contribution in [0.5, 0.6) is 11.6 Å². The van der Waals surface area contributed by atoms with Crippen molar-refractivity contribution in [2.75, 3.05) is 5.73 Å². The summed E-state index contributed by atoms with van der Waals surface area (Å²) >= 11 is 0. The fourth-order valence-electron chi connectivity index (χ4n) is 1.80. The molecule has 6 heteroatoms. The molecular weight excluding hydrogens is 242 g/mol. The van der Waals surface area contributed by atoms with Crippen LogP contribution < -0.4 is 10.5 Å². The molecule has 1 aromatic carbocycles. The van der Waals surface area contributed by atoms with Crippen molar-refractivity contribution in [3.63, 3.8) is 0 Å². The van der Waals surface area contributed by atoms with E-state index in [-0.39, 0.29) is 0 Å². The van der Waals surface area contributed by atoms with Gasteiger partial charge < -0.3 is 10.5 Å². The van der Waals surface area contributed by atoms with Gasteiger partial charge in [-0.1, -0.05) is 0 Å². The molecule has 3 aromatic rings. The van der Waals surface area contributed by atoms with Gasteiger partial charge in [0.05, 0.1) is 0 Å². The van der Waals surface area contributed by atoms with Gasteiger partial charge in [0.25, 0.3) is 5.78 Å². The van der Waals surface area contributed by atoms with Crippen molar-refractivity contribution in [1.29, 1.82) is 0 Å². The zero-order chi connectivity index (χ0) is 13.4. The van der Waals surface area contributed by atoms with Crippen LogP contribution >= 0.6 is 0 Å². The van der Waals surface area contributed by atoms with Gasteiger partial charge in [-0.2, -0.15) is 14.6 Å². The number of hydrogen-bond acceptors (Lipinski definition) is 5. The molecule has 0 spiro atoms. The number of rotatable bonds is 2. The maximum absolute atomic E-state index is 5.83. The van der Waals surface area contributed by atoms with E-state index in [0.29, 0.717) is 17.4 Å². The number of fused-ring (bicyclic) bond motifs is 1. The lowest BCUT2D eigenvalue weighted by molar-refractivity contribution is 0.445. The highest BCUT2D eigenvalue weighted by Crippen LogP contribution is 2.25. The van der Waals surface area contributed by atoms with Crippen LogP contribution in [0.4, 0.5) is 5.69 Å². The highest BCUT2D eigenvalue weighted by molar-refractivity contribution is 5.50. The van der Waals surface area contributed by atoms with Crippen LogP contribution in [-0.4, -0.2) is 19.6 Å². The zero-order valence-electron chi connectivity index (χ0n) is 10.7. The average Bonchev–Trinajstić information content (AvgIpc) is 2.82. The molecule has 0 saturated heterocycles. The van der Waals surface area contributed by atoms with Crippen molar-refractivity contribution in [2.45, 2.75) is 13.8 Å². The normalized spacial score (nSPS) is 10.8. The van der Waals surface area contributed by atoms with Crippen molar-refractivity contribution in [3.8, 4) is 11.6 Å². The Morgan fingerprint density at radius 3 is 2.84 bits per heavy atom. The lowest BCUT2D eigenvalue weighted by Crippen LogP contribution is -1.99. The quantitative estimate of drug-likeness (QED) is 0.709. The largest absolute Gasteiger partial charge is 0.439 e. The number of aryl methyl sites for hydroxylation is 2. The van der Waals surface area contributed by atoms with Crippen LogP contribution in [0.2, 0.25) is 0 Å². The molecule has 2 N–H and O–H groups in total. The first-order valence-corrected chi connectivity index (χ1v) is 5.85. The van der Waals surface area contributed by atoms with E-state index >= 15 is 0 Å². The van der Waals surface area contributed by atoms with Gasteiger partial charge >= 0.3 is 0 Å². The van der Waals surface area contributed by atoms with Crippen LogP contribution in [-0.2, 0) is 0 Å². The van der Waals surface area contributed by atoms with Gasteiger partial charge in [-0.3, -0.25) is 0 Å². The van der Waals surface area contributed by atoms with E-state index < -0.39 is 0 Å². The molecular formula is C13H13N5O. The standard InChI is InChI=1S/C13H13N5O/c1-8-5-10(3-4-11(8)14)19-12-6-9(2)17-13-15-7-16-18(12)13/h3-7H,14H2,1-2H3. The van der Waals surface area contributed by atoms with E-state index in [1.807, 2.05) is 38.1 Å². The van der Waals surface area contributed by atoms with Gasteiger partial charge in [-0.05, 0) is 37.6 Å². The Hall–Kier alpha value is -2.63. The summed E-state index contributed by atoms with van der Waals surface area (Å²) in [6.45, 7) is 3.82. The fourth-order valence-corrected chi connectivity index (χ4v) is 1.80. The van der Waals surface area contributed by atoms with Gasteiger partial charge in [-0.25, -0.2) is 4.98 Å². The third-order valence-electron chi connectivity index (χ3n) is 2.81. The summed E-state index contributed by atoms with van der Waals surface area (Å²) in [5, 5.41) is 4.09. The van der Waals surface area contributed by atoms with Crippen LogP contribution in [0.1, 0.15) is 11.3 Å². The van der Waals surface area contributed by atoms with Crippen LogP contribution in [0.3, 0.4) is 0 Å². The number of hydrogen-bond donors (Lipinski definition) is 1. The summed E-state index contributed by atoms with van der Waals surface area (Å²) in [5.74, 6) is 1.79. The SMILES string of the molecule is Cc1cc(Oc2ccc(N)c(C)c2)n2ncnc2n1. The van der Waals surface area contributed by atoms with E-state index in [1.54, 1.807) is 4.52 Å². The second-order valence-corrected chi connectivity index (χ2v) is 4.33. The summed E-state index contributed by atoms with van der Waals surface area (Å²) < 4.78 is 7.39. The molecule has 3 rings (SSSR count). The molecule has 0 aliphatic carbocycles. The van der Waals surface area contributed by atoms with Gasteiger partial charge in [0.15, 0.2) is 0 Å². The number of ether oxygens (including phenoxy) is 1. The topological polar surface area (TPSA) is 78.3 Å². The number of nitrogens with two attached hydrogens (primary N) is 1. The third kappa shape index (κ3) is 2.08. The van der Waals surface area contributed by atoms with Gasteiger partial charge in [0.1, 0.15) is 12.1 Å². The number of benzene rings is 1. The molecule has 19 heavy (non-hydrogen) atoms. The monoisotopic (exact) mass is 255 g/mol. The molecule has 0 saturated carbocycles. The van der Waals surface area contributed by atoms with Gasteiger partial charge in [0.2, 0.25) is 5.88 Å². The molecule has 0 aliphatic heterocycles. The van der Waals surface area contributed by atoms with Crippen LogP contribution in [0, 0.1) is 13.8 Å². The Balaban J connectivity index is 2.04. The third-order valence-corrected chi connectivity index (χ3v) is 2.81. The fraction of sp³-hybridized carbons (Fsp3) is 0.154. The first-order chi connectivity index (χ1) is 9.13. The zero-order valence-corrected chi connectivity index (χ0v) is 10.7. The Bertz CT molecular complexity index is 750. The smallest absolute Gasteiger partial charge is 0.255 e. The summed E-state index contributed by atoms with van der Waals surface area (Å²) in [4.78, 5) is 8.31. The molecule has 2 heterocycles. The predicted octanol–water partition coefficient (Wildman–Crippen LogP) is 2.12. The minimum absolute atomic E-state index is 0.516. The van der Waals surface area contributed by atoms with E-state index in [2.05, 4.69) is 15.1 Å². The predicted molar refractivity (Wildman–Crippen MR) is 71.2 cm³/mol. The summed E-state index contributed by atoms with van der Waals surface area (Å²) in [7, 11) is 0. The first-order valence-electron chi connectivity index (χ1n) is 5.85. The lowest BCUT2D eigenvalue weighted by atomic mass is 10.2. The molecule has 0 radical (unpaired) electrons. The molecule has 0 fully saturated rings. The number of nitrogen functional groups attached to an aromatic ring is 1. The van der Waals surface area contributed by atoms with E-state index in [1.165, 1.54) is 6.33 Å². The number of aromatic nitrogens is 4. The van der Waals surface area contributed by atoms with Crippen molar-refractivity contribution in [1.82, 2.24) is 19.6 Å². The molecule has 0 amide bonds. The van der Waals surface area contributed by atoms with E-state index in [4.69, 9.17) is 10.5 Å². The van der Waals surface area contributed by atoms with Crippen LogP contribution in [0.25, 0.3) is 5.78 Å². The first kappa shape index (κ1) is 11.5. The van der Waals surface area contributed by atoms with Crippen LogP contribution in [0.15, 0.2) is 30.6 Å². The molecule has 6 nitrogen and oxygen atoms in total. The van der Waals surface area contributed by atoms with Gasteiger partial charge in [0, 0.05) is 17.4 Å². The maximum atomic E-state index is 5.83. The number of nitrogens with zero attached hydrogens (tertiary/aromatic N) is 4. The molecule has 0 aliphatic rings. The van der Waals surface area contributed by atoms with E-state index in [9.17, 15) is 0 Å². The number of anilines is 1. The molecule has 0 atom stereocenters. The van der Waals surface area contributed by atoms with E-state index in [0.717, 1.165) is 16.9 Å². The second-order valence-electron chi connectivity index (χ2n) is 4.33. The minimum Gasteiger partial charge on any atom is -0.439 e. The second kappa shape index (κ2) is 4.24.